The fourth-order valence-electron chi connectivity index (χ4n) is 2.98. The molecule has 0 radical (unpaired) electrons. The van der Waals surface area contributed by atoms with Crippen LogP contribution >= 0.6 is 12.6 Å². The summed E-state index contributed by atoms with van der Waals surface area (Å²) >= 11 is 4.09. The molecule has 1 heterocycles. The van der Waals surface area contributed by atoms with Crippen LogP contribution in [0.1, 0.15) is 38.8 Å². The third-order valence-electron chi connectivity index (χ3n) is 4.75. The molecule has 4 atom stereocenters. The molecule has 3 amide bonds. The molecule has 0 aliphatic heterocycles. The number of amides is 3. The van der Waals surface area contributed by atoms with Gasteiger partial charge in [0, 0.05) is 30.5 Å². The first-order chi connectivity index (χ1) is 15.9. The Hall–Kier alpha value is -3.13. The van der Waals surface area contributed by atoms with Gasteiger partial charge in [-0.15, -0.1) is 0 Å². The Bertz CT molecular complexity index is 848. The summed E-state index contributed by atoms with van der Waals surface area (Å²) in [6, 6.07) is -4.65. The quantitative estimate of drug-likeness (QED) is 0.133. The molecule has 1 aromatic heterocycles. The number of nitrogens with two attached hydrogens (primary N) is 1. The van der Waals surface area contributed by atoms with Crippen molar-refractivity contribution in [3.8, 4) is 0 Å². The molecule has 0 aromatic carbocycles. The van der Waals surface area contributed by atoms with Gasteiger partial charge in [-0.25, -0.2) is 9.78 Å². The van der Waals surface area contributed by atoms with Gasteiger partial charge in [0.25, 0.3) is 0 Å². The van der Waals surface area contributed by atoms with Crippen LogP contribution in [0, 0.1) is 5.92 Å². The predicted octanol–water partition coefficient (Wildman–Crippen LogP) is -1.34. The number of aliphatic carboxylic acids is 2. The number of carboxylic acids is 2. The maximum absolute atomic E-state index is 12.8. The summed E-state index contributed by atoms with van der Waals surface area (Å²) in [5, 5.41) is 25.4. The number of aromatic nitrogens is 2. The molecular formula is C20H32N6O7S. The van der Waals surface area contributed by atoms with Crippen LogP contribution < -0.4 is 21.7 Å². The Morgan fingerprint density at radius 3 is 2.12 bits per heavy atom. The second kappa shape index (κ2) is 14.2. The minimum absolute atomic E-state index is 0.0665. The third-order valence-corrected chi connectivity index (χ3v) is 5.12. The Kier molecular flexibility index (Phi) is 12.1. The molecule has 4 unspecified atom stereocenters. The number of hydrogen-bond acceptors (Lipinski definition) is 8. The number of imidazole rings is 1. The number of hydrogen-bond donors (Lipinski definition) is 8. The van der Waals surface area contributed by atoms with Gasteiger partial charge in [-0.1, -0.05) is 13.8 Å². The summed E-state index contributed by atoms with van der Waals surface area (Å²) in [5.74, 6) is -4.67. The van der Waals surface area contributed by atoms with Gasteiger partial charge in [0.05, 0.1) is 12.4 Å². The van der Waals surface area contributed by atoms with Crippen LogP contribution in [-0.4, -0.2) is 79.8 Å². The molecule has 0 saturated heterocycles. The first-order valence-corrected chi connectivity index (χ1v) is 11.3. The van der Waals surface area contributed by atoms with E-state index in [1.807, 2.05) is 13.8 Å². The van der Waals surface area contributed by atoms with E-state index >= 15 is 0 Å². The largest absolute Gasteiger partial charge is 0.481 e. The molecular weight excluding hydrogens is 468 g/mol. The van der Waals surface area contributed by atoms with E-state index in [0.717, 1.165) is 0 Å². The number of nitrogens with zero attached hydrogens (tertiary/aromatic N) is 1. The fraction of sp³-hybridized carbons (Fsp3) is 0.600. The SMILES string of the molecule is CC(C)CC(N)C(=O)NC(CS)C(=O)NC(Cc1cnc[nH]1)C(=O)NC(CCC(=O)O)C(=O)O. The van der Waals surface area contributed by atoms with E-state index in [4.69, 9.17) is 10.8 Å². The van der Waals surface area contributed by atoms with Gasteiger partial charge in [-0.2, -0.15) is 12.6 Å². The molecule has 8 N–H and O–H groups in total. The third kappa shape index (κ3) is 10.2. The van der Waals surface area contributed by atoms with E-state index in [-0.39, 0.29) is 24.5 Å². The van der Waals surface area contributed by atoms with Crippen molar-refractivity contribution in [1.29, 1.82) is 0 Å². The molecule has 0 spiro atoms. The summed E-state index contributed by atoms with van der Waals surface area (Å²) < 4.78 is 0. The number of thiol groups is 1. The lowest BCUT2D eigenvalue weighted by Crippen LogP contribution is -2.58. The topological polar surface area (TPSA) is 217 Å². The van der Waals surface area contributed by atoms with E-state index in [2.05, 4.69) is 38.5 Å². The van der Waals surface area contributed by atoms with Crippen molar-refractivity contribution in [3.05, 3.63) is 18.2 Å². The van der Waals surface area contributed by atoms with Crippen molar-refractivity contribution in [2.75, 3.05) is 5.75 Å². The molecule has 34 heavy (non-hydrogen) atoms. The minimum Gasteiger partial charge on any atom is -0.481 e. The number of carbonyl (C=O) groups excluding carboxylic acids is 3. The number of nitrogens with one attached hydrogen (secondary N) is 4. The molecule has 1 rings (SSSR count). The highest BCUT2D eigenvalue weighted by molar-refractivity contribution is 7.80. The van der Waals surface area contributed by atoms with Crippen LogP contribution in [-0.2, 0) is 30.4 Å². The number of rotatable bonds is 15. The van der Waals surface area contributed by atoms with Crippen molar-refractivity contribution >= 4 is 42.3 Å². The number of aromatic amines is 1. The van der Waals surface area contributed by atoms with E-state index < -0.39 is 60.2 Å². The predicted molar refractivity (Wildman–Crippen MR) is 124 cm³/mol. The van der Waals surface area contributed by atoms with Crippen molar-refractivity contribution in [2.24, 2.45) is 11.7 Å². The van der Waals surface area contributed by atoms with Crippen LogP contribution in [0.15, 0.2) is 12.5 Å². The smallest absolute Gasteiger partial charge is 0.326 e. The Labute approximate surface area is 202 Å². The van der Waals surface area contributed by atoms with E-state index in [1.165, 1.54) is 12.5 Å². The molecule has 0 bridgehead atoms. The first kappa shape index (κ1) is 28.9. The summed E-state index contributed by atoms with van der Waals surface area (Å²) in [4.78, 5) is 66.8. The number of H-pyrrole nitrogens is 1. The minimum atomic E-state index is -1.47. The monoisotopic (exact) mass is 500 g/mol. The van der Waals surface area contributed by atoms with Gasteiger partial charge >= 0.3 is 11.9 Å². The van der Waals surface area contributed by atoms with E-state index in [9.17, 15) is 29.1 Å². The summed E-state index contributed by atoms with van der Waals surface area (Å²) in [6.45, 7) is 3.80. The molecule has 0 fully saturated rings. The molecule has 190 valence electrons. The normalized spacial score (nSPS) is 14.5. The van der Waals surface area contributed by atoms with Crippen molar-refractivity contribution in [2.45, 2.75) is 63.7 Å². The van der Waals surface area contributed by atoms with Crippen molar-refractivity contribution < 1.29 is 34.2 Å². The van der Waals surface area contributed by atoms with Gasteiger partial charge in [0.15, 0.2) is 0 Å². The second-order valence-electron chi connectivity index (χ2n) is 8.15. The zero-order chi connectivity index (χ0) is 25.8. The Morgan fingerprint density at radius 1 is 1.03 bits per heavy atom. The second-order valence-corrected chi connectivity index (χ2v) is 8.52. The number of carbonyl (C=O) groups is 5. The van der Waals surface area contributed by atoms with Crippen molar-refractivity contribution in [3.63, 3.8) is 0 Å². The fourth-order valence-corrected chi connectivity index (χ4v) is 3.24. The van der Waals surface area contributed by atoms with E-state index in [0.29, 0.717) is 12.1 Å². The lowest BCUT2D eigenvalue weighted by molar-refractivity contribution is -0.143. The lowest BCUT2D eigenvalue weighted by atomic mass is 10.0. The maximum atomic E-state index is 12.8. The zero-order valence-electron chi connectivity index (χ0n) is 19.0. The highest BCUT2D eigenvalue weighted by atomic mass is 32.1. The van der Waals surface area contributed by atoms with Crippen LogP contribution in [0.3, 0.4) is 0 Å². The van der Waals surface area contributed by atoms with Gasteiger partial charge in [-0.3, -0.25) is 19.2 Å². The van der Waals surface area contributed by atoms with Crippen LogP contribution in [0.25, 0.3) is 0 Å². The molecule has 14 heteroatoms. The van der Waals surface area contributed by atoms with Gasteiger partial charge < -0.3 is 36.9 Å². The first-order valence-electron chi connectivity index (χ1n) is 10.6. The summed E-state index contributed by atoms with van der Waals surface area (Å²) in [6.07, 6.45) is 2.32. The van der Waals surface area contributed by atoms with Crippen LogP contribution in [0.5, 0.6) is 0 Å². The Morgan fingerprint density at radius 2 is 1.62 bits per heavy atom. The van der Waals surface area contributed by atoms with Gasteiger partial charge in [0.2, 0.25) is 17.7 Å². The Balaban J connectivity index is 2.94. The van der Waals surface area contributed by atoms with Crippen molar-refractivity contribution in [1.82, 2.24) is 25.9 Å². The highest BCUT2D eigenvalue weighted by Crippen LogP contribution is 2.06. The highest BCUT2D eigenvalue weighted by Gasteiger charge is 2.30. The maximum Gasteiger partial charge on any atom is 0.326 e. The zero-order valence-corrected chi connectivity index (χ0v) is 19.9. The van der Waals surface area contributed by atoms with Gasteiger partial charge in [0.1, 0.15) is 18.1 Å². The van der Waals surface area contributed by atoms with Gasteiger partial charge in [-0.05, 0) is 18.8 Å². The van der Waals surface area contributed by atoms with Crippen LogP contribution in [0.4, 0.5) is 0 Å². The molecule has 0 aliphatic carbocycles. The molecule has 0 saturated carbocycles. The molecule has 13 nitrogen and oxygen atoms in total. The number of carboxylic acid groups (broad SMARTS) is 2. The van der Waals surface area contributed by atoms with Crippen LogP contribution in [0.2, 0.25) is 0 Å². The average molecular weight is 501 g/mol. The molecule has 1 aromatic rings. The lowest BCUT2D eigenvalue weighted by Gasteiger charge is -2.24. The standard InChI is InChI=1S/C20H32N6O7S/c1-10(2)5-12(21)17(29)26-15(8-34)19(31)25-14(6-11-7-22-9-23-11)18(30)24-13(20(32)33)3-4-16(27)28/h7,9-10,12-15,34H,3-6,8,21H2,1-2H3,(H,22,23)(H,24,30)(H,25,31)(H,26,29)(H,27,28)(H,32,33). The average Bonchev–Trinajstić information content (AvgIpc) is 3.26. The van der Waals surface area contributed by atoms with E-state index in [1.54, 1.807) is 0 Å². The molecule has 0 aliphatic rings. The summed E-state index contributed by atoms with van der Waals surface area (Å²) in [5.41, 5.74) is 6.33. The summed E-state index contributed by atoms with van der Waals surface area (Å²) in [7, 11) is 0.